The molecule has 0 aliphatic rings. The number of imidazole rings is 1. The standard InChI is InChI=1S/C15H20N2O2/c1-9(2)7-10(3)17-11(4)16-13-8-12(15(18)19)5-6-14(13)17/h5-6,8-10H,7H2,1-4H3,(H,18,19). The second-order valence-corrected chi connectivity index (χ2v) is 5.52. The molecule has 2 aromatic rings. The lowest BCUT2D eigenvalue weighted by Gasteiger charge is -2.18. The highest BCUT2D eigenvalue weighted by molar-refractivity contribution is 5.92. The number of rotatable bonds is 4. The van der Waals surface area contributed by atoms with Gasteiger partial charge in [-0.15, -0.1) is 0 Å². The van der Waals surface area contributed by atoms with Crippen LogP contribution in [-0.4, -0.2) is 20.6 Å². The van der Waals surface area contributed by atoms with Crippen molar-refractivity contribution in [2.24, 2.45) is 5.92 Å². The van der Waals surface area contributed by atoms with E-state index in [1.54, 1.807) is 12.1 Å². The van der Waals surface area contributed by atoms with Gasteiger partial charge in [-0.1, -0.05) is 13.8 Å². The molecular weight excluding hydrogens is 240 g/mol. The van der Waals surface area contributed by atoms with Crippen LogP contribution in [0.2, 0.25) is 0 Å². The van der Waals surface area contributed by atoms with Crippen LogP contribution in [0.5, 0.6) is 0 Å². The first-order valence-electron chi connectivity index (χ1n) is 6.62. The van der Waals surface area contributed by atoms with Crippen molar-refractivity contribution in [3.05, 3.63) is 29.6 Å². The van der Waals surface area contributed by atoms with Crippen molar-refractivity contribution < 1.29 is 9.90 Å². The summed E-state index contributed by atoms with van der Waals surface area (Å²) in [5, 5.41) is 9.01. The fraction of sp³-hybridized carbons (Fsp3) is 0.467. The molecule has 4 heteroatoms. The van der Waals surface area contributed by atoms with Crippen LogP contribution in [0.25, 0.3) is 11.0 Å². The van der Waals surface area contributed by atoms with Gasteiger partial charge in [0.25, 0.3) is 0 Å². The van der Waals surface area contributed by atoms with E-state index in [-0.39, 0.29) is 5.56 Å². The minimum Gasteiger partial charge on any atom is -0.478 e. The molecule has 102 valence electrons. The summed E-state index contributed by atoms with van der Waals surface area (Å²) in [7, 11) is 0. The first kappa shape index (κ1) is 13.6. The number of aryl methyl sites for hydroxylation is 1. The Hall–Kier alpha value is -1.84. The summed E-state index contributed by atoms with van der Waals surface area (Å²) in [6.07, 6.45) is 1.08. The molecule has 0 saturated heterocycles. The third-order valence-corrected chi connectivity index (χ3v) is 3.37. The average Bonchev–Trinajstić information content (AvgIpc) is 2.62. The highest BCUT2D eigenvalue weighted by Gasteiger charge is 2.15. The number of carboxylic acids is 1. The Morgan fingerprint density at radius 3 is 2.63 bits per heavy atom. The quantitative estimate of drug-likeness (QED) is 0.912. The topological polar surface area (TPSA) is 55.1 Å². The lowest BCUT2D eigenvalue weighted by atomic mass is 10.0. The number of aromatic carboxylic acids is 1. The van der Waals surface area contributed by atoms with Gasteiger partial charge >= 0.3 is 5.97 Å². The number of aromatic nitrogens is 2. The molecule has 1 atom stereocenters. The predicted octanol–water partition coefficient (Wildman–Crippen LogP) is 3.65. The molecule has 0 spiro atoms. The van der Waals surface area contributed by atoms with Gasteiger partial charge in [0.2, 0.25) is 0 Å². The zero-order valence-electron chi connectivity index (χ0n) is 11.8. The molecule has 0 saturated carbocycles. The van der Waals surface area contributed by atoms with Crippen molar-refractivity contribution in [3.63, 3.8) is 0 Å². The minimum atomic E-state index is -0.913. The maximum absolute atomic E-state index is 11.0. The second kappa shape index (κ2) is 5.03. The summed E-state index contributed by atoms with van der Waals surface area (Å²) in [6, 6.07) is 5.50. The second-order valence-electron chi connectivity index (χ2n) is 5.52. The highest BCUT2D eigenvalue weighted by atomic mass is 16.4. The Morgan fingerprint density at radius 2 is 2.05 bits per heavy atom. The minimum absolute atomic E-state index is 0.286. The van der Waals surface area contributed by atoms with Crippen LogP contribution in [0, 0.1) is 12.8 Å². The lowest BCUT2D eigenvalue weighted by Crippen LogP contribution is -2.09. The Kier molecular flexibility index (Phi) is 3.60. The van der Waals surface area contributed by atoms with Crippen molar-refractivity contribution in [2.45, 2.75) is 40.2 Å². The monoisotopic (exact) mass is 260 g/mol. The Bertz CT molecular complexity index is 614. The smallest absolute Gasteiger partial charge is 0.335 e. The van der Waals surface area contributed by atoms with Crippen LogP contribution >= 0.6 is 0 Å². The molecule has 1 aromatic carbocycles. The molecule has 19 heavy (non-hydrogen) atoms. The van der Waals surface area contributed by atoms with Crippen LogP contribution in [0.15, 0.2) is 18.2 Å². The van der Waals surface area contributed by atoms with E-state index in [0.29, 0.717) is 12.0 Å². The van der Waals surface area contributed by atoms with Crippen LogP contribution in [0.4, 0.5) is 0 Å². The van der Waals surface area contributed by atoms with Gasteiger partial charge in [0.05, 0.1) is 16.6 Å². The zero-order chi connectivity index (χ0) is 14.2. The summed E-state index contributed by atoms with van der Waals surface area (Å²) in [4.78, 5) is 15.5. The third kappa shape index (κ3) is 2.62. The number of benzene rings is 1. The first-order valence-corrected chi connectivity index (χ1v) is 6.62. The van der Waals surface area contributed by atoms with E-state index in [4.69, 9.17) is 5.11 Å². The normalized spacial score (nSPS) is 13.1. The molecule has 1 unspecified atom stereocenters. The summed E-state index contributed by atoms with van der Waals surface area (Å²) < 4.78 is 2.20. The van der Waals surface area contributed by atoms with Gasteiger partial charge in [-0.3, -0.25) is 0 Å². The van der Waals surface area contributed by atoms with Gasteiger partial charge in [0, 0.05) is 6.04 Å². The molecule has 0 amide bonds. The number of fused-ring (bicyclic) bond motifs is 1. The van der Waals surface area contributed by atoms with Crippen LogP contribution in [0.3, 0.4) is 0 Å². The Morgan fingerprint density at radius 1 is 1.37 bits per heavy atom. The van der Waals surface area contributed by atoms with Crippen LogP contribution in [0.1, 0.15) is 49.4 Å². The molecule has 1 aromatic heterocycles. The average molecular weight is 260 g/mol. The number of hydrogen-bond donors (Lipinski definition) is 1. The molecule has 0 bridgehead atoms. The van der Waals surface area contributed by atoms with Crippen molar-refractivity contribution in [1.82, 2.24) is 9.55 Å². The molecule has 0 radical (unpaired) electrons. The molecule has 1 heterocycles. The first-order chi connectivity index (χ1) is 8.90. The lowest BCUT2D eigenvalue weighted by molar-refractivity contribution is 0.0697. The summed E-state index contributed by atoms with van der Waals surface area (Å²) in [5.41, 5.74) is 2.05. The third-order valence-electron chi connectivity index (χ3n) is 3.37. The van der Waals surface area contributed by atoms with E-state index in [1.165, 1.54) is 0 Å². The summed E-state index contributed by atoms with van der Waals surface area (Å²) in [5.74, 6) is 0.639. The fourth-order valence-corrected chi connectivity index (χ4v) is 2.70. The van der Waals surface area contributed by atoms with E-state index < -0.39 is 5.97 Å². The molecule has 4 nitrogen and oxygen atoms in total. The Balaban J connectivity index is 2.50. The van der Waals surface area contributed by atoms with E-state index in [9.17, 15) is 4.79 Å². The maximum atomic E-state index is 11.0. The highest BCUT2D eigenvalue weighted by Crippen LogP contribution is 2.25. The van der Waals surface area contributed by atoms with Crippen molar-refractivity contribution >= 4 is 17.0 Å². The predicted molar refractivity (Wildman–Crippen MR) is 75.6 cm³/mol. The number of carbonyl (C=O) groups is 1. The summed E-state index contributed by atoms with van der Waals surface area (Å²) in [6.45, 7) is 8.55. The fourth-order valence-electron chi connectivity index (χ4n) is 2.70. The molecular formula is C15H20N2O2. The van der Waals surface area contributed by atoms with Crippen molar-refractivity contribution in [1.29, 1.82) is 0 Å². The summed E-state index contributed by atoms with van der Waals surface area (Å²) >= 11 is 0. The number of hydrogen-bond acceptors (Lipinski definition) is 2. The van der Waals surface area contributed by atoms with Crippen LogP contribution in [-0.2, 0) is 0 Å². The van der Waals surface area contributed by atoms with E-state index in [1.807, 2.05) is 13.0 Å². The number of nitrogens with zero attached hydrogens (tertiary/aromatic N) is 2. The van der Waals surface area contributed by atoms with Gasteiger partial charge in [-0.2, -0.15) is 0 Å². The molecule has 2 rings (SSSR count). The van der Waals surface area contributed by atoms with Gasteiger partial charge in [0.1, 0.15) is 5.82 Å². The largest absolute Gasteiger partial charge is 0.478 e. The maximum Gasteiger partial charge on any atom is 0.335 e. The zero-order valence-corrected chi connectivity index (χ0v) is 11.8. The van der Waals surface area contributed by atoms with Gasteiger partial charge in [0.15, 0.2) is 0 Å². The molecule has 1 N–H and O–H groups in total. The molecule has 0 fully saturated rings. The SMILES string of the molecule is Cc1nc2cc(C(=O)O)ccc2n1C(C)CC(C)C. The van der Waals surface area contributed by atoms with Gasteiger partial charge in [-0.25, -0.2) is 9.78 Å². The van der Waals surface area contributed by atoms with E-state index in [0.717, 1.165) is 23.3 Å². The van der Waals surface area contributed by atoms with E-state index >= 15 is 0 Å². The van der Waals surface area contributed by atoms with Gasteiger partial charge < -0.3 is 9.67 Å². The van der Waals surface area contributed by atoms with Gasteiger partial charge in [-0.05, 0) is 44.4 Å². The number of carboxylic acid groups (broad SMARTS) is 1. The van der Waals surface area contributed by atoms with Crippen LogP contribution < -0.4 is 0 Å². The van der Waals surface area contributed by atoms with Crippen molar-refractivity contribution in [2.75, 3.05) is 0 Å². The Labute approximate surface area is 113 Å². The molecule has 0 aliphatic carbocycles. The van der Waals surface area contributed by atoms with Crippen molar-refractivity contribution in [3.8, 4) is 0 Å². The molecule has 0 aliphatic heterocycles. The van der Waals surface area contributed by atoms with E-state index in [2.05, 4.69) is 30.3 Å².